The summed E-state index contributed by atoms with van der Waals surface area (Å²) in [6, 6.07) is 4.16. The maximum atomic E-state index is 3.31. The van der Waals surface area contributed by atoms with E-state index in [1.54, 1.807) is 11.3 Å². The van der Waals surface area contributed by atoms with E-state index in [0.29, 0.717) is 0 Å². The van der Waals surface area contributed by atoms with Crippen LogP contribution >= 0.6 is 27.3 Å². The number of hydrogen-bond acceptors (Lipinski definition) is 1. The Morgan fingerprint density at radius 1 is 1.67 bits per heavy atom. The van der Waals surface area contributed by atoms with Crippen molar-refractivity contribution >= 4 is 33.3 Å². The summed E-state index contributed by atoms with van der Waals surface area (Å²) in [6.45, 7) is 0. The largest absolute Gasteiger partial charge is 0.144 e. The Kier molecular flexibility index (Phi) is 3.01. The van der Waals surface area contributed by atoms with E-state index >= 15 is 0 Å². The minimum absolute atomic E-state index is 0.935. The summed E-state index contributed by atoms with van der Waals surface area (Å²) < 4.78 is 0. The number of alkyl halides is 1. The van der Waals surface area contributed by atoms with Crippen LogP contribution in [0.2, 0.25) is 0 Å². The predicted octanol–water partition coefficient (Wildman–Crippen LogP) is 3.16. The van der Waals surface area contributed by atoms with Gasteiger partial charge in [0.25, 0.3) is 0 Å². The summed E-state index contributed by atoms with van der Waals surface area (Å²) in [7, 11) is 0. The number of thiophene rings is 1. The first kappa shape index (κ1) is 7.03. The van der Waals surface area contributed by atoms with Crippen molar-refractivity contribution in [2.24, 2.45) is 0 Å². The second-order valence-corrected chi connectivity index (χ2v) is 3.20. The lowest BCUT2D eigenvalue weighted by molar-refractivity contribution is 1.84. The summed E-state index contributed by atoms with van der Waals surface area (Å²) in [6.07, 6.45) is 4.20. The first-order valence-corrected chi connectivity index (χ1v) is 4.69. The summed E-state index contributed by atoms with van der Waals surface area (Å²) in [5.41, 5.74) is 0. The van der Waals surface area contributed by atoms with Gasteiger partial charge >= 0.3 is 0 Å². The molecule has 0 aliphatic rings. The molecule has 0 aliphatic heterocycles. The standard InChI is InChI=1S/C7H7BrS/c8-5-1-3-7-4-2-6-9-7/h1-4,6H,5H2/b3-1-. The Balaban J connectivity index is 2.57. The summed E-state index contributed by atoms with van der Waals surface area (Å²) in [5, 5.41) is 3.01. The molecular weight excluding hydrogens is 196 g/mol. The van der Waals surface area contributed by atoms with Crippen LogP contribution in [0.25, 0.3) is 6.08 Å². The van der Waals surface area contributed by atoms with Gasteiger partial charge in [0.05, 0.1) is 0 Å². The molecule has 9 heavy (non-hydrogen) atoms. The van der Waals surface area contributed by atoms with Crippen LogP contribution in [0.3, 0.4) is 0 Å². The van der Waals surface area contributed by atoms with Crippen molar-refractivity contribution in [2.75, 3.05) is 5.33 Å². The monoisotopic (exact) mass is 202 g/mol. The highest BCUT2D eigenvalue weighted by molar-refractivity contribution is 9.09. The van der Waals surface area contributed by atoms with Crippen molar-refractivity contribution in [3.05, 3.63) is 28.5 Å². The summed E-state index contributed by atoms with van der Waals surface area (Å²) in [5.74, 6) is 0. The molecule has 0 spiro atoms. The van der Waals surface area contributed by atoms with Gasteiger partial charge in [0, 0.05) is 10.2 Å². The van der Waals surface area contributed by atoms with Gasteiger partial charge in [-0.25, -0.2) is 0 Å². The smallest absolute Gasteiger partial charge is 0.0267 e. The van der Waals surface area contributed by atoms with Crippen LogP contribution in [0.5, 0.6) is 0 Å². The zero-order valence-corrected chi connectivity index (χ0v) is 7.28. The number of rotatable bonds is 2. The van der Waals surface area contributed by atoms with Gasteiger partial charge in [0.15, 0.2) is 0 Å². The zero-order valence-electron chi connectivity index (χ0n) is 4.88. The SMILES string of the molecule is BrC/C=C\c1cccs1. The molecule has 0 saturated heterocycles. The number of hydrogen-bond donors (Lipinski definition) is 0. The molecule has 0 bridgehead atoms. The van der Waals surface area contributed by atoms with Gasteiger partial charge in [0.2, 0.25) is 0 Å². The molecule has 0 N–H and O–H groups in total. The number of halogens is 1. The fourth-order valence-corrected chi connectivity index (χ4v) is 1.38. The molecule has 1 heterocycles. The zero-order chi connectivity index (χ0) is 6.53. The highest BCUT2D eigenvalue weighted by Gasteiger charge is 1.81. The van der Waals surface area contributed by atoms with Crippen molar-refractivity contribution in [3.8, 4) is 0 Å². The maximum Gasteiger partial charge on any atom is 0.0267 e. The van der Waals surface area contributed by atoms with E-state index in [4.69, 9.17) is 0 Å². The van der Waals surface area contributed by atoms with Crippen molar-refractivity contribution < 1.29 is 0 Å². The van der Waals surface area contributed by atoms with E-state index in [9.17, 15) is 0 Å². The minimum Gasteiger partial charge on any atom is -0.144 e. The van der Waals surface area contributed by atoms with Crippen molar-refractivity contribution in [1.82, 2.24) is 0 Å². The van der Waals surface area contributed by atoms with E-state index < -0.39 is 0 Å². The fourth-order valence-electron chi connectivity index (χ4n) is 0.547. The van der Waals surface area contributed by atoms with Gasteiger partial charge in [-0.1, -0.05) is 28.1 Å². The molecule has 0 aliphatic carbocycles. The molecular formula is C7H7BrS. The average Bonchev–Trinajstić information content (AvgIpc) is 2.34. The van der Waals surface area contributed by atoms with Crippen LogP contribution in [-0.4, -0.2) is 5.33 Å². The van der Waals surface area contributed by atoms with Gasteiger partial charge in [-0.3, -0.25) is 0 Å². The van der Waals surface area contributed by atoms with Gasteiger partial charge < -0.3 is 0 Å². The van der Waals surface area contributed by atoms with E-state index in [1.807, 2.05) is 0 Å². The topological polar surface area (TPSA) is 0 Å². The molecule has 0 aromatic carbocycles. The van der Waals surface area contributed by atoms with Gasteiger partial charge in [-0.15, -0.1) is 11.3 Å². The van der Waals surface area contributed by atoms with E-state index in [0.717, 1.165) is 5.33 Å². The third-order valence-electron chi connectivity index (χ3n) is 0.914. The van der Waals surface area contributed by atoms with Crippen LogP contribution in [-0.2, 0) is 0 Å². The summed E-state index contributed by atoms with van der Waals surface area (Å²) >= 11 is 5.07. The highest BCUT2D eigenvalue weighted by Crippen LogP contribution is 2.09. The van der Waals surface area contributed by atoms with E-state index in [-0.39, 0.29) is 0 Å². The Morgan fingerprint density at radius 3 is 3.11 bits per heavy atom. The molecule has 0 radical (unpaired) electrons. The van der Waals surface area contributed by atoms with Gasteiger partial charge in [-0.05, 0) is 17.5 Å². The second kappa shape index (κ2) is 3.85. The maximum absolute atomic E-state index is 3.31. The first-order chi connectivity index (χ1) is 4.43. The molecule has 1 rings (SSSR count). The number of allylic oxidation sites excluding steroid dienone is 1. The Labute approximate surface area is 67.3 Å². The Morgan fingerprint density at radius 2 is 2.56 bits per heavy atom. The lowest BCUT2D eigenvalue weighted by Gasteiger charge is -1.78. The highest BCUT2D eigenvalue weighted by atomic mass is 79.9. The molecule has 1 aromatic heterocycles. The second-order valence-electron chi connectivity index (χ2n) is 1.57. The predicted molar refractivity (Wildman–Crippen MR) is 47.1 cm³/mol. The molecule has 2 heteroatoms. The summed E-state index contributed by atoms with van der Waals surface area (Å²) in [4.78, 5) is 1.31. The molecule has 0 nitrogen and oxygen atoms in total. The Hall–Kier alpha value is -0.0800. The van der Waals surface area contributed by atoms with Crippen molar-refractivity contribution in [3.63, 3.8) is 0 Å². The molecule has 48 valence electrons. The lowest BCUT2D eigenvalue weighted by Crippen LogP contribution is -1.57. The van der Waals surface area contributed by atoms with Crippen LogP contribution in [0.15, 0.2) is 23.6 Å². The van der Waals surface area contributed by atoms with Crippen LogP contribution in [0, 0.1) is 0 Å². The third kappa shape index (κ3) is 2.33. The third-order valence-corrected chi connectivity index (χ3v) is 2.13. The molecule has 0 atom stereocenters. The van der Waals surface area contributed by atoms with Crippen LogP contribution < -0.4 is 0 Å². The van der Waals surface area contributed by atoms with E-state index in [1.165, 1.54) is 4.88 Å². The lowest BCUT2D eigenvalue weighted by atomic mass is 10.4. The quantitative estimate of drug-likeness (QED) is 0.647. The average molecular weight is 203 g/mol. The molecule has 0 amide bonds. The van der Waals surface area contributed by atoms with Crippen LogP contribution in [0.4, 0.5) is 0 Å². The van der Waals surface area contributed by atoms with Crippen molar-refractivity contribution in [2.45, 2.75) is 0 Å². The minimum atomic E-state index is 0.935. The van der Waals surface area contributed by atoms with E-state index in [2.05, 4.69) is 45.6 Å². The normalized spacial score (nSPS) is 10.8. The fraction of sp³-hybridized carbons (Fsp3) is 0.143. The van der Waals surface area contributed by atoms with Crippen molar-refractivity contribution in [1.29, 1.82) is 0 Å². The molecule has 0 fully saturated rings. The van der Waals surface area contributed by atoms with Gasteiger partial charge in [-0.2, -0.15) is 0 Å². The van der Waals surface area contributed by atoms with Crippen LogP contribution in [0.1, 0.15) is 4.88 Å². The van der Waals surface area contributed by atoms with Gasteiger partial charge in [0.1, 0.15) is 0 Å². The molecule has 0 unspecified atom stereocenters. The molecule has 0 saturated carbocycles. The first-order valence-electron chi connectivity index (χ1n) is 2.69. The Bertz CT molecular complexity index is 177. The molecule has 1 aromatic rings.